The number of nitrogens with one attached hydrogen (secondary N) is 2. The lowest BCUT2D eigenvalue weighted by Gasteiger charge is -2.44. The summed E-state index contributed by atoms with van der Waals surface area (Å²) in [7, 11) is 0. The number of hydrogen-bond acceptors (Lipinski definition) is 10. The number of pyridine rings is 1. The number of anilines is 2. The van der Waals surface area contributed by atoms with Gasteiger partial charge in [-0.3, -0.25) is 39.2 Å². The molecule has 1 aliphatic carbocycles. The highest BCUT2D eigenvalue weighted by atomic mass is 35.5. The van der Waals surface area contributed by atoms with Crippen LogP contribution in [0.5, 0.6) is 0 Å². The van der Waals surface area contributed by atoms with E-state index in [0.717, 1.165) is 49.5 Å². The van der Waals surface area contributed by atoms with E-state index in [2.05, 4.69) is 39.3 Å². The van der Waals surface area contributed by atoms with Crippen LogP contribution < -0.4 is 15.5 Å². The Morgan fingerprint density at radius 1 is 1.07 bits per heavy atom. The second-order valence-electron chi connectivity index (χ2n) is 16.3. The summed E-state index contributed by atoms with van der Waals surface area (Å²) in [4.78, 5) is 62.9. The number of rotatable bonds is 10. The van der Waals surface area contributed by atoms with Gasteiger partial charge in [-0.15, -0.1) is 12.4 Å². The van der Waals surface area contributed by atoms with Crippen molar-refractivity contribution < 1.29 is 37.1 Å². The van der Waals surface area contributed by atoms with Crippen LogP contribution in [0.4, 0.5) is 24.7 Å². The molecule has 6 rings (SSSR count). The van der Waals surface area contributed by atoms with Gasteiger partial charge in [0.05, 0.1) is 47.6 Å². The molecule has 4 heterocycles. The van der Waals surface area contributed by atoms with E-state index in [1.165, 1.54) is 6.07 Å². The van der Waals surface area contributed by atoms with Gasteiger partial charge in [-0.1, -0.05) is 0 Å². The number of aromatic nitrogens is 1. The molecule has 2 aromatic rings. The van der Waals surface area contributed by atoms with E-state index in [-0.39, 0.29) is 78.1 Å². The number of piperazine rings is 1. The number of hydrogen-bond donors (Lipinski definition) is 2. The highest BCUT2D eigenvalue weighted by molar-refractivity contribution is 7.80. The summed E-state index contributed by atoms with van der Waals surface area (Å²) in [6.45, 7) is 12.4. The monoisotopic (exact) mass is 846 g/mol. The van der Waals surface area contributed by atoms with Crippen LogP contribution in [-0.2, 0) is 35.5 Å². The quantitative estimate of drug-likeness (QED) is 0.241. The van der Waals surface area contributed by atoms with Crippen LogP contribution >= 0.6 is 24.6 Å². The molecule has 1 saturated carbocycles. The molecule has 3 aliphatic heterocycles. The molecule has 3 saturated heterocycles. The van der Waals surface area contributed by atoms with Gasteiger partial charge in [0, 0.05) is 50.4 Å². The number of thiocarbonyl (C=S) groups is 1. The number of alkyl halides is 3. The summed E-state index contributed by atoms with van der Waals surface area (Å²) in [5.74, 6) is -0.935. The zero-order chi connectivity index (χ0) is 41.4. The zero-order valence-corrected chi connectivity index (χ0v) is 34.9. The summed E-state index contributed by atoms with van der Waals surface area (Å²) in [6.07, 6.45) is 0.289. The van der Waals surface area contributed by atoms with Gasteiger partial charge in [0.1, 0.15) is 11.4 Å². The lowest BCUT2D eigenvalue weighted by Crippen LogP contribution is -2.58. The number of carbonyl (C=O) groups excluding carboxylic acids is 4. The lowest BCUT2D eigenvalue weighted by molar-refractivity contribution is -0.138. The molecular formula is C40H50ClF3N8O5S. The third-order valence-corrected chi connectivity index (χ3v) is 12.3. The van der Waals surface area contributed by atoms with Crippen molar-refractivity contribution in [2.24, 2.45) is 0 Å². The highest BCUT2D eigenvalue weighted by Gasteiger charge is 2.53. The van der Waals surface area contributed by atoms with E-state index < -0.39 is 34.2 Å². The zero-order valence-electron chi connectivity index (χ0n) is 33.2. The van der Waals surface area contributed by atoms with Gasteiger partial charge in [-0.2, -0.15) is 18.4 Å². The maximum atomic E-state index is 13.7. The Hall–Kier alpha value is -4.21. The Bertz CT molecular complexity index is 1960. The van der Waals surface area contributed by atoms with E-state index >= 15 is 0 Å². The van der Waals surface area contributed by atoms with Crippen LogP contribution in [0.3, 0.4) is 0 Å². The van der Waals surface area contributed by atoms with E-state index in [1.54, 1.807) is 45.2 Å². The Labute approximate surface area is 348 Å². The van der Waals surface area contributed by atoms with Crippen LogP contribution in [-0.4, -0.2) is 111 Å². The molecule has 4 amide bonds. The number of benzene rings is 1. The van der Waals surface area contributed by atoms with E-state index in [0.29, 0.717) is 37.3 Å². The molecule has 314 valence electrons. The van der Waals surface area contributed by atoms with Crippen LogP contribution in [0.15, 0.2) is 36.5 Å². The lowest BCUT2D eigenvalue weighted by atomic mass is 9.76. The minimum Gasteiger partial charge on any atom is -0.377 e. The first-order chi connectivity index (χ1) is 26.8. The van der Waals surface area contributed by atoms with Crippen LogP contribution in [0.2, 0.25) is 0 Å². The molecule has 1 unspecified atom stereocenters. The molecule has 3 atom stereocenters. The summed E-state index contributed by atoms with van der Waals surface area (Å²) < 4.78 is 47.5. The maximum Gasteiger partial charge on any atom is 0.417 e. The molecule has 0 radical (unpaired) electrons. The SMILES string of the molecule is C[C@@H]1CN(CCOC2CCC(N3C(=S)N(c4ccc(C#N)c(C(F)(F)F)c4)C(=O)C3(C)C)CC2)C[C@H](C)N1CC(=O)Nc1cc(C2(C)CCC(=O)NC2=O)ccn1.Cl. The molecule has 58 heavy (non-hydrogen) atoms. The average Bonchev–Trinajstić information content (AvgIpc) is 3.33. The standard InChI is InChI=1S/C40H49F3N8O5S.ClH/c1-24-21-48(22-25(2)49(24)23-34(53)46-32-18-27(13-15-45-32)39(5)14-12-33(52)47-35(39)54)16-17-56-30-10-8-28(9-11-30)51-37(57)50(36(55)38(51,3)4)29-7-6-26(20-44)31(19-29)40(41,42)43;/h6-7,13,15,18-19,24-25,28,30H,8-12,14,16-17,21-23H2,1-5H3,(H,45,46,53)(H,47,52,54);1H/t24-,25+,28?,30?,39?;. The highest BCUT2D eigenvalue weighted by Crippen LogP contribution is 2.41. The molecule has 0 bridgehead atoms. The molecular weight excluding hydrogens is 797 g/mol. The van der Waals surface area contributed by atoms with Crippen molar-refractivity contribution in [3.8, 4) is 6.07 Å². The topological polar surface area (TPSA) is 151 Å². The van der Waals surface area contributed by atoms with Gasteiger partial charge in [0.2, 0.25) is 17.7 Å². The number of imide groups is 1. The molecule has 0 spiro atoms. The van der Waals surface area contributed by atoms with Gasteiger partial charge in [-0.05, 0) is 115 Å². The Kier molecular flexibility index (Phi) is 13.6. The first-order valence-electron chi connectivity index (χ1n) is 19.3. The molecule has 18 heteroatoms. The number of piperidine rings is 1. The second kappa shape index (κ2) is 17.6. The minimum atomic E-state index is -4.77. The summed E-state index contributed by atoms with van der Waals surface area (Å²) in [6, 6.07) is 8.30. The smallest absolute Gasteiger partial charge is 0.377 e. The van der Waals surface area contributed by atoms with Gasteiger partial charge in [0.25, 0.3) is 5.91 Å². The second-order valence-corrected chi connectivity index (χ2v) is 16.7. The number of amides is 4. The molecule has 4 fully saturated rings. The maximum absolute atomic E-state index is 13.7. The van der Waals surface area contributed by atoms with Gasteiger partial charge >= 0.3 is 6.18 Å². The van der Waals surface area contributed by atoms with Crippen molar-refractivity contribution in [1.82, 2.24) is 25.0 Å². The van der Waals surface area contributed by atoms with Crippen molar-refractivity contribution in [3.63, 3.8) is 0 Å². The predicted molar refractivity (Wildman–Crippen MR) is 216 cm³/mol. The number of halogens is 4. The first kappa shape index (κ1) is 44.9. The summed E-state index contributed by atoms with van der Waals surface area (Å²) >= 11 is 5.74. The molecule has 1 aromatic carbocycles. The fourth-order valence-electron chi connectivity index (χ4n) is 8.70. The molecule has 4 aliphatic rings. The summed E-state index contributed by atoms with van der Waals surface area (Å²) in [5, 5.41) is 14.7. The Balaban J connectivity index is 0.00000641. The van der Waals surface area contributed by atoms with Crippen LogP contribution in [0, 0.1) is 11.3 Å². The number of nitriles is 1. The predicted octanol–water partition coefficient (Wildman–Crippen LogP) is 5.16. The molecule has 2 N–H and O–H groups in total. The minimum absolute atomic E-state index is 0. The normalized spacial score (nSPS) is 26.9. The van der Waals surface area contributed by atoms with Gasteiger partial charge in [0.15, 0.2) is 5.11 Å². The van der Waals surface area contributed by atoms with Crippen molar-refractivity contribution >= 4 is 64.9 Å². The van der Waals surface area contributed by atoms with Gasteiger partial charge < -0.3 is 15.0 Å². The molecule has 13 nitrogen and oxygen atoms in total. The fourth-order valence-corrected chi connectivity index (χ4v) is 9.27. The fraction of sp³-hybridized carbons (Fsp3) is 0.575. The Morgan fingerprint density at radius 2 is 1.74 bits per heavy atom. The average molecular weight is 847 g/mol. The van der Waals surface area contributed by atoms with Crippen LogP contribution in [0.1, 0.15) is 89.8 Å². The third kappa shape index (κ3) is 9.16. The van der Waals surface area contributed by atoms with Crippen LogP contribution in [0.25, 0.3) is 0 Å². The Morgan fingerprint density at radius 3 is 2.36 bits per heavy atom. The number of ether oxygens (including phenoxy) is 1. The van der Waals surface area contributed by atoms with E-state index in [1.807, 2.05) is 4.90 Å². The van der Waals surface area contributed by atoms with E-state index in [4.69, 9.17) is 17.0 Å². The number of nitrogens with zero attached hydrogens (tertiary/aromatic N) is 6. The summed E-state index contributed by atoms with van der Waals surface area (Å²) in [5.41, 5.74) is -2.93. The third-order valence-electron chi connectivity index (χ3n) is 12.0. The largest absolute Gasteiger partial charge is 0.417 e. The van der Waals surface area contributed by atoms with E-state index in [9.17, 15) is 37.6 Å². The first-order valence-corrected chi connectivity index (χ1v) is 19.7. The van der Waals surface area contributed by atoms with Crippen molar-refractivity contribution in [2.75, 3.05) is 43.0 Å². The molecule has 1 aromatic heterocycles. The van der Waals surface area contributed by atoms with Crippen molar-refractivity contribution in [1.29, 1.82) is 5.26 Å². The number of carbonyl (C=O) groups is 4. The van der Waals surface area contributed by atoms with Gasteiger partial charge in [-0.25, -0.2) is 4.98 Å². The van der Waals surface area contributed by atoms with Crippen molar-refractivity contribution in [3.05, 3.63) is 53.2 Å². The van der Waals surface area contributed by atoms with Crippen molar-refractivity contribution in [2.45, 2.75) is 115 Å².